The number of phenols is 1. The van der Waals surface area contributed by atoms with Gasteiger partial charge in [-0.1, -0.05) is 18.2 Å². The number of urea groups is 1. The second kappa shape index (κ2) is 17.8. The largest absolute Gasteiger partial charge is 0.506 e. The number of nitrogens with zero attached hydrogens (tertiary/aromatic N) is 5. The molecular formula is C35H40Br2N6O7. The maximum Gasteiger partial charge on any atom is 0.410 e. The van der Waals surface area contributed by atoms with Gasteiger partial charge in [0.25, 0.3) is 5.91 Å². The molecule has 266 valence electrons. The van der Waals surface area contributed by atoms with E-state index in [0.717, 1.165) is 17.7 Å². The predicted octanol–water partition coefficient (Wildman–Crippen LogP) is 4.97. The lowest BCUT2D eigenvalue weighted by atomic mass is 10.0. The molecule has 5 rings (SSSR count). The van der Waals surface area contributed by atoms with Gasteiger partial charge in [-0.15, -0.1) is 0 Å². The highest BCUT2D eigenvalue weighted by molar-refractivity contribution is 9.11. The Hall–Kier alpha value is -4.00. The molecule has 0 unspecified atom stereocenters. The minimum absolute atomic E-state index is 0.00218. The lowest BCUT2D eigenvalue weighted by molar-refractivity contribution is -0.144. The summed E-state index contributed by atoms with van der Waals surface area (Å²) in [6, 6.07) is 10.8. The number of nitrogens with one attached hydrogen (secondary N) is 1. The third-order valence-corrected chi connectivity index (χ3v) is 10.2. The van der Waals surface area contributed by atoms with Crippen LogP contribution < -0.4 is 5.32 Å². The highest BCUT2D eigenvalue weighted by Crippen LogP contribution is 2.34. The van der Waals surface area contributed by atoms with Crippen molar-refractivity contribution in [3.63, 3.8) is 0 Å². The van der Waals surface area contributed by atoms with Crippen molar-refractivity contribution in [2.45, 2.75) is 63.6 Å². The number of aromatic hydroxyl groups is 1. The summed E-state index contributed by atoms with van der Waals surface area (Å²) in [5, 5.41) is 13.2. The van der Waals surface area contributed by atoms with Crippen molar-refractivity contribution in [1.82, 2.24) is 14.7 Å². The zero-order valence-corrected chi connectivity index (χ0v) is 30.9. The molecule has 0 bridgehead atoms. The Kier molecular flexibility index (Phi) is 13.2. The minimum atomic E-state index is -1.28. The summed E-state index contributed by atoms with van der Waals surface area (Å²) < 4.78 is 11.6. The first-order valence-corrected chi connectivity index (χ1v) is 18.3. The number of carbonyl (C=O) groups is 4. The number of halogens is 2. The van der Waals surface area contributed by atoms with Gasteiger partial charge in [-0.2, -0.15) is 4.99 Å². The van der Waals surface area contributed by atoms with Crippen LogP contribution in [0.1, 0.15) is 43.7 Å². The van der Waals surface area contributed by atoms with Crippen LogP contribution in [0.15, 0.2) is 55.3 Å². The van der Waals surface area contributed by atoms with E-state index in [-0.39, 0.29) is 42.8 Å². The van der Waals surface area contributed by atoms with E-state index in [9.17, 15) is 24.3 Å². The van der Waals surface area contributed by atoms with E-state index in [2.05, 4.69) is 58.9 Å². The summed E-state index contributed by atoms with van der Waals surface area (Å²) in [6.45, 7) is 5.01. The summed E-state index contributed by atoms with van der Waals surface area (Å²) >= 11 is 6.61. The standard InChI is InChI=1S/C35H40Br2N6O7/c1-2-49-31(44)22-41-14-8-25(9-15-41)38-12-13-39-33(46)30(21-23-19-27(36)32(45)28(37)20-23)50-35(48)42-16-10-26(11-17-42)43-18-7-24-5-3-4-6-29(24)40-34(43)47/h3-6,19-20,25-26,30,45H,2,7-11,14-18,21-22H2,1H3,(H,40,47)/t30-/m1/s1. The number of esters is 1. The fourth-order valence-electron chi connectivity index (χ4n) is 6.29. The Morgan fingerprint density at radius 1 is 1.02 bits per heavy atom. The Labute approximate surface area is 307 Å². The molecule has 2 saturated heterocycles. The van der Waals surface area contributed by atoms with Crippen molar-refractivity contribution in [3.8, 4) is 5.75 Å². The number of piperidine rings is 2. The van der Waals surface area contributed by atoms with Gasteiger partial charge in [0.2, 0.25) is 0 Å². The molecule has 2 aromatic rings. The van der Waals surface area contributed by atoms with Gasteiger partial charge in [-0.05, 0) is 100 Å². The van der Waals surface area contributed by atoms with Crippen LogP contribution in [0.5, 0.6) is 5.75 Å². The van der Waals surface area contributed by atoms with Gasteiger partial charge in [-0.3, -0.25) is 14.5 Å². The van der Waals surface area contributed by atoms with E-state index in [1.165, 1.54) is 0 Å². The summed E-state index contributed by atoms with van der Waals surface area (Å²) in [6.07, 6.45) is 1.34. The maximum atomic E-state index is 13.4. The zero-order valence-electron chi connectivity index (χ0n) is 27.8. The molecule has 4 amide bonds. The van der Waals surface area contributed by atoms with Crippen LogP contribution in [0.25, 0.3) is 0 Å². The summed E-state index contributed by atoms with van der Waals surface area (Å²) in [5.74, 6) is 4.10. The summed E-state index contributed by atoms with van der Waals surface area (Å²) in [7, 11) is 0. The molecule has 50 heavy (non-hydrogen) atoms. The molecular weight excluding hydrogens is 776 g/mol. The van der Waals surface area contributed by atoms with Crippen molar-refractivity contribution in [3.05, 3.63) is 56.5 Å². The highest BCUT2D eigenvalue weighted by atomic mass is 79.9. The van der Waals surface area contributed by atoms with E-state index in [4.69, 9.17) is 9.47 Å². The number of likely N-dealkylation sites (tertiary alicyclic amines) is 2. The number of amides is 4. The van der Waals surface area contributed by atoms with Crippen LogP contribution in [0, 0.1) is 0 Å². The first-order chi connectivity index (χ1) is 24.1. The van der Waals surface area contributed by atoms with E-state index >= 15 is 0 Å². The minimum Gasteiger partial charge on any atom is -0.506 e. The normalized spacial score (nSPS) is 17.7. The average Bonchev–Trinajstić information content (AvgIpc) is 3.27. The van der Waals surface area contributed by atoms with Crippen LogP contribution in [0.4, 0.5) is 15.3 Å². The molecule has 2 fully saturated rings. The van der Waals surface area contributed by atoms with Gasteiger partial charge < -0.3 is 29.7 Å². The van der Waals surface area contributed by atoms with Crippen molar-refractivity contribution in [2.75, 3.05) is 51.2 Å². The Morgan fingerprint density at radius 3 is 2.42 bits per heavy atom. The number of rotatable bonds is 9. The van der Waals surface area contributed by atoms with Crippen LogP contribution in [0.3, 0.4) is 0 Å². The number of anilines is 1. The zero-order chi connectivity index (χ0) is 35.6. The van der Waals surface area contributed by atoms with E-state index < -0.39 is 18.1 Å². The first-order valence-electron chi connectivity index (χ1n) is 16.7. The van der Waals surface area contributed by atoms with Crippen molar-refractivity contribution in [2.24, 2.45) is 9.98 Å². The number of hydrogen-bond donors (Lipinski definition) is 2. The molecule has 3 aliphatic rings. The molecule has 13 nitrogen and oxygen atoms in total. The van der Waals surface area contributed by atoms with Crippen molar-refractivity contribution >= 4 is 73.3 Å². The number of para-hydroxylation sites is 1. The fourth-order valence-corrected chi connectivity index (χ4v) is 7.57. The van der Waals surface area contributed by atoms with Gasteiger partial charge in [0.1, 0.15) is 5.75 Å². The second-order valence-corrected chi connectivity index (χ2v) is 14.1. The fraction of sp³-hybridized carbons (Fsp3) is 0.486. The number of ether oxygens (including phenoxy) is 2. The van der Waals surface area contributed by atoms with Crippen molar-refractivity contribution < 1.29 is 33.8 Å². The van der Waals surface area contributed by atoms with Crippen LogP contribution in [-0.4, -0.2) is 120 Å². The molecule has 1 atom stereocenters. The second-order valence-electron chi connectivity index (χ2n) is 12.3. The maximum absolute atomic E-state index is 13.4. The number of aliphatic imine (C=N–C) groups is 2. The topological polar surface area (TPSA) is 153 Å². The molecule has 0 saturated carbocycles. The van der Waals surface area contributed by atoms with Gasteiger partial charge in [0.15, 0.2) is 6.10 Å². The Balaban J connectivity index is 1.20. The van der Waals surface area contributed by atoms with Gasteiger partial charge >= 0.3 is 18.1 Å². The Bertz CT molecular complexity index is 1650. The number of hydrogen-bond acceptors (Lipinski definition) is 9. The van der Waals surface area contributed by atoms with Crippen LogP contribution in [-0.2, 0) is 31.9 Å². The molecule has 15 heteroatoms. The van der Waals surface area contributed by atoms with Gasteiger partial charge in [-0.25, -0.2) is 14.6 Å². The molecule has 0 spiro atoms. The molecule has 0 radical (unpaired) electrons. The molecule has 0 aliphatic carbocycles. The number of carbonyl (C=O) groups excluding carboxylic acids is 4. The van der Waals surface area contributed by atoms with Gasteiger partial charge in [0, 0.05) is 50.9 Å². The van der Waals surface area contributed by atoms with Crippen LogP contribution >= 0.6 is 31.9 Å². The molecule has 2 aromatic carbocycles. The monoisotopic (exact) mass is 814 g/mol. The lowest BCUT2D eigenvalue weighted by Crippen LogP contribution is -2.50. The average molecular weight is 817 g/mol. The van der Waals surface area contributed by atoms with E-state index in [1.807, 2.05) is 34.1 Å². The van der Waals surface area contributed by atoms with Crippen LogP contribution in [0.2, 0.25) is 0 Å². The van der Waals surface area contributed by atoms with Gasteiger partial charge in [0.05, 0.1) is 39.9 Å². The Morgan fingerprint density at radius 2 is 1.72 bits per heavy atom. The molecule has 3 aliphatic heterocycles. The number of benzene rings is 2. The third kappa shape index (κ3) is 10.0. The molecule has 2 N–H and O–H groups in total. The van der Waals surface area contributed by atoms with Crippen molar-refractivity contribution in [1.29, 1.82) is 0 Å². The first kappa shape index (κ1) is 37.3. The summed E-state index contributed by atoms with van der Waals surface area (Å²) in [4.78, 5) is 65.0. The smallest absolute Gasteiger partial charge is 0.410 e. The lowest BCUT2D eigenvalue weighted by Gasteiger charge is -2.37. The third-order valence-electron chi connectivity index (χ3n) is 9.00. The molecule has 0 aromatic heterocycles. The molecule has 3 heterocycles. The summed E-state index contributed by atoms with van der Waals surface area (Å²) in [5.41, 5.74) is 2.52. The van der Waals surface area contributed by atoms with E-state index in [1.54, 1.807) is 24.0 Å². The highest BCUT2D eigenvalue weighted by Gasteiger charge is 2.33. The predicted molar refractivity (Wildman–Crippen MR) is 194 cm³/mol. The number of fused-ring (bicyclic) bond motifs is 1. The number of phenolic OH excluding ortho intramolecular Hbond substituents is 1. The van der Waals surface area contributed by atoms with E-state index in [0.29, 0.717) is 79.5 Å². The quantitative estimate of drug-likeness (QED) is 0.266. The SMILES string of the molecule is CCOC(=O)CN1CCC(N=C=C=NC(=O)[C@@H](Cc2cc(Br)c(O)c(Br)c2)OC(=O)N2CCC(N3CCc4ccccc4NC3=O)CC2)CC1.